The number of nitrogens with zero attached hydrogens (tertiary/aromatic N) is 4. The molecule has 0 fully saturated rings. The maximum Gasteiger partial charge on any atom is 0.417 e. The number of hydrogen-bond acceptors (Lipinski definition) is 5. The Hall–Kier alpha value is -4.64. The first-order valence-corrected chi connectivity index (χ1v) is 11.7. The van der Waals surface area contributed by atoms with Gasteiger partial charge in [-0.2, -0.15) is 13.2 Å². The molecule has 1 amide bonds. The van der Waals surface area contributed by atoms with Crippen LogP contribution >= 0.6 is 0 Å². The number of carbonyl (C=O) groups excluding carboxylic acids is 1. The molecule has 5 rings (SSSR count). The maximum atomic E-state index is 15.1. The predicted octanol–water partition coefficient (Wildman–Crippen LogP) is 6.10. The van der Waals surface area contributed by atoms with Crippen LogP contribution in [0.1, 0.15) is 35.5 Å². The van der Waals surface area contributed by atoms with Gasteiger partial charge in [0, 0.05) is 23.5 Å². The smallest absolute Gasteiger partial charge is 0.384 e. The summed E-state index contributed by atoms with van der Waals surface area (Å²) in [6.45, 7) is 3.12. The first kappa shape index (κ1) is 26.0. The van der Waals surface area contributed by atoms with Gasteiger partial charge >= 0.3 is 6.18 Å². The van der Waals surface area contributed by atoms with Crippen molar-refractivity contribution in [2.45, 2.75) is 25.6 Å². The molecule has 0 aliphatic rings. The van der Waals surface area contributed by atoms with E-state index in [1.165, 1.54) is 29.2 Å². The lowest BCUT2D eigenvalue weighted by Crippen LogP contribution is -2.19. The Kier molecular flexibility index (Phi) is 6.39. The number of nitrogens with one attached hydrogen (secondary N) is 1. The Morgan fingerprint density at radius 1 is 0.923 bits per heavy atom. The molecule has 0 radical (unpaired) electrons. The van der Waals surface area contributed by atoms with Crippen molar-refractivity contribution < 1.29 is 27.5 Å². The first-order valence-electron chi connectivity index (χ1n) is 11.7. The fourth-order valence-corrected chi connectivity index (χ4v) is 4.30. The van der Waals surface area contributed by atoms with E-state index < -0.39 is 40.2 Å². The molecule has 5 aromatic rings. The highest BCUT2D eigenvalue weighted by Gasteiger charge is 2.36. The molecular formula is C28H21F4N5O2. The number of halogens is 4. The van der Waals surface area contributed by atoms with Crippen LogP contribution in [0.5, 0.6) is 0 Å². The molecule has 2 aromatic carbocycles. The fraction of sp³-hybridized carbons (Fsp3) is 0.143. The van der Waals surface area contributed by atoms with Gasteiger partial charge in [-0.15, -0.1) is 0 Å². The van der Waals surface area contributed by atoms with E-state index >= 15 is 4.39 Å². The van der Waals surface area contributed by atoms with Gasteiger partial charge < -0.3 is 10.4 Å². The molecule has 198 valence electrons. The third kappa shape index (κ3) is 4.96. The molecule has 0 bridgehead atoms. The number of benzene rings is 2. The van der Waals surface area contributed by atoms with Crippen LogP contribution in [0.15, 0.2) is 79.4 Å². The van der Waals surface area contributed by atoms with E-state index in [1.807, 2.05) is 6.07 Å². The summed E-state index contributed by atoms with van der Waals surface area (Å²) >= 11 is 0. The molecule has 11 heteroatoms. The van der Waals surface area contributed by atoms with Crippen LogP contribution in [0.3, 0.4) is 0 Å². The number of anilines is 1. The zero-order valence-corrected chi connectivity index (χ0v) is 20.7. The zero-order chi connectivity index (χ0) is 27.9. The van der Waals surface area contributed by atoms with Gasteiger partial charge in [-0.1, -0.05) is 30.3 Å². The Bertz CT molecular complexity index is 1680. The molecule has 7 nitrogen and oxygen atoms in total. The van der Waals surface area contributed by atoms with E-state index in [4.69, 9.17) is 0 Å². The van der Waals surface area contributed by atoms with Crippen LogP contribution < -0.4 is 5.32 Å². The summed E-state index contributed by atoms with van der Waals surface area (Å²) in [7, 11) is 0. The molecule has 0 aliphatic heterocycles. The van der Waals surface area contributed by atoms with Crippen molar-refractivity contribution in [2.75, 3.05) is 5.32 Å². The van der Waals surface area contributed by atoms with Crippen LogP contribution in [0.4, 0.5) is 23.4 Å². The second-order valence-corrected chi connectivity index (χ2v) is 9.27. The largest absolute Gasteiger partial charge is 0.417 e. The lowest BCUT2D eigenvalue weighted by molar-refractivity contribution is -0.137. The van der Waals surface area contributed by atoms with Crippen molar-refractivity contribution in [2.24, 2.45) is 0 Å². The van der Waals surface area contributed by atoms with Gasteiger partial charge in [0.15, 0.2) is 5.82 Å². The highest BCUT2D eigenvalue weighted by molar-refractivity contribution is 6.07. The highest BCUT2D eigenvalue weighted by Crippen LogP contribution is 2.38. The van der Waals surface area contributed by atoms with Crippen molar-refractivity contribution in [3.05, 3.63) is 102 Å². The molecule has 3 heterocycles. The minimum atomic E-state index is -4.92. The van der Waals surface area contributed by atoms with Crippen molar-refractivity contribution in [3.63, 3.8) is 0 Å². The molecule has 0 unspecified atom stereocenters. The summed E-state index contributed by atoms with van der Waals surface area (Å²) in [6, 6.07) is 14.9. The summed E-state index contributed by atoms with van der Waals surface area (Å²) in [5, 5.41) is 13.2. The standard InChI is InChI=1S/C28H21F4N5O2/c1-27(2,39)23-22-10-9-17(16-7-4-3-5-8-16)25(37(22)15-35-23)36-26(38)19-13-18(24-33-11-6-12-34-24)20(14-21(19)29)28(30,31)32/h3-15,39H,1-2H3,(H,36,38). The molecular weight excluding hydrogens is 514 g/mol. The molecule has 0 aliphatic carbocycles. The zero-order valence-electron chi connectivity index (χ0n) is 20.7. The van der Waals surface area contributed by atoms with Crippen LogP contribution in [-0.2, 0) is 11.8 Å². The number of fused-ring (bicyclic) bond motifs is 1. The van der Waals surface area contributed by atoms with Crippen LogP contribution in [0, 0.1) is 5.82 Å². The summed E-state index contributed by atoms with van der Waals surface area (Å²) in [6.07, 6.45) is -1.02. The Morgan fingerprint density at radius 2 is 1.62 bits per heavy atom. The van der Waals surface area contributed by atoms with Crippen molar-refractivity contribution >= 4 is 17.2 Å². The lowest BCUT2D eigenvalue weighted by Gasteiger charge is -2.18. The van der Waals surface area contributed by atoms with E-state index in [1.54, 1.807) is 50.2 Å². The van der Waals surface area contributed by atoms with E-state index in [2.05, 4.69) is 20.3 Å². The monoisotopic (exact) mass is 535 g/mol. The van der Waals surface area contributed by atoms with E-state index in [0.717, 1.165) is 6.07 Å². The lowest BCUT2D eigenvalue weighted by atomic mass is 10.0. The Morgan fingerprint density at radius 3 is 2.26 bits per heavy atom. The normalized spacial score (nSPS) is 12.1. The number of aromatic nitrogens is 4. The van der Waals surface area contributed by atoms with E-state index in [-0.39, 0.29) is 17.7 Å². The number of rotatable bonds is 5. The van der Waals surface area contributed by atoms with Gasteiger partial charge in [0.05, 0.1) is 22.3 Å². The molecule has 39 heavy (non-hydrogen) atoms. The summed E-state index contributed by atoms with van der Waals surface area (Å²) in [4.78, 5) is 25.5. The number of pyridine rings is 1. The van der Waals surface area contributed by atoms with Crippen LogP contribution in [0.25, 0.3) is 28.0 Å². The van der Waals surface area contributed by atoms with Gasteiger partial charge in [-0.05, 0) is 49.7 Å². The SMILES string of the molecule is CC(C)(O)c1ncn2c(NC(=O)c3cc(-c4ncccn4)c(C(F)(F)F)cc3F)c(-c3ccccc3)ccc12. The number of amides is 1. The number of alkyl halides is 3. The first-order chi connectivity index (χ1) is 18.4. The minimum Gasteiger partial charge on any atom is -0.384 e. The predicted molar refractivity (Wildman–Crippen MR) is 136 cm³/mol. The number of carbonyl (C=O) groups is 1. The Balaban J connectivity index is 1.67. The van der Waals surface area contributed by atoms with Crippen molar-refractivity contribution in [3.8, 4) is 22.5 Å². The third-order valence-electron chi connectivity index (χ3n) is 6.07. The average molecular weight is 536 g/mol. The minimum absolute atomic E-state index is 0.184. The summed E-state index contributed by atoms with van der Waals surface area (Å²) < 4.78 is 57.9. The number of hydrogen-bond donors (Lipinski definition) is 2. The quantitative estimate of drug-likeness (QED) is 0.266. The molecule has 0 atom stereocenters. The molecule has 0 spiro atoms. The van der Waals surface area contributed by atoms with Crippen molar-refractivity contribution in [1.82, 2.24) is 19.4 Å². The van der Waals surface area contributed by atoms with Crippen molar-refractivity contribution in [1.29, 1.82) is 0 Å². The van der Waals surface area contributed by atoms with Gasteiger partial charge in [0.2, 0.25) is 0 Å². The maximum absolute atomic E-state index is 15.1. The summed E-state index contributed by atoms with van der Waals surface area (Å²) in [5.74, 6) is -2.49. The van der Waals surface area contributed by atoms with Gasteiger partial charge in [0.25, 0.3) is 5.91 Å². The second-order valence-electron chi connectivity index (χ2n) is 9.27. The Labute approximate surface area is 219 Å². The third-order valence-corrected chi connectivity index (χ3v) is 6.07. The van der Waals surface area contributed by atoms with Crippen LogP contribution in [-0.4, -0.2) is 30.4 Å². The molecule has 0 saturated heterocycles. The number of aliphatic hydroxyl groups is 1. The average Bonchev–Trinajstić information content (AvgIpc) is 3.35. The molecule has 3 aromatic heterocycles. The van der Waals surface area contributed by atoms with Gasteiger partial charge in [-0.25, -0.2) is 19.3 Å². The summed E-state index contributed by atoms with van der Waals surface area (Å²) in [5.41, 5.74) is -1.74. The number of imidazole rings is 1. The van der Waals surface area contributed by atoms with Gasteiger partial charge in [-0.3, -0.25) is 9.20 Å². The highest BCUT2D eigenvalue weighted by atomic mass is 19.4. The molecule has 2 N–H and O–H groups in total. The topological polar surface area (TPSA) is 92.4 Å². The molecule has 0 saturated carbocycles. The van der Waals surface area contributed by atoms with Gasteiger partial charge in [0.1, 0.15) is 23.6 Å². The second kappa shape index (κ2) is 9.59. The van der Waals surface area contributed by atoms with Crippen LogP contribution in [0.2, 0.25) is 0 Å². The van der Waals surface area contributed by atoms with E-state index in [0.29, 0.717) is 22.3 Å². The fourth-order valence-electron chi connectivity index (χ4n) is 4.30. The van der Waals surface area contributed by atoms with E-state index in [9.17, 15) is 23.1 Å².